The highest BCUT2D eigenvalue weighted by Crippen LogP contribution is 2.40. The van der Waals surface area contributed by atoms with E-state index in [4.69, 9.17) is 17.3 Å². The predicted octanol–water partition coefficient (Wildman–Crippen LogP) is 5.21. The highest BCUT2D eigenvalue weighted by molar-refractivity contribution is 6.30. The first-order valence-corrected chi connectivity index (χ1v) is 11.4. The van der Waals surface area contributed by atoms with Crippen LogP contribution in [-0.4, -0.2) is 29.9 Å². The zero-order valence-corrected chi connectivity index (χ0v) is 18.5. The predicted molar refractivity (Wildman–Crippen MR) is 127 cm³/mol. The lowest BCUT2D eigenvalue weighted by Gasteiger charge is -2.37. The topological polar surface area (TPSA) is 46.3 Å². The Morgan fingerprint density at radius 3 is 2.06 bits per heavy atom. The molecule has 0 radical (unpaired) electrons. The van der Waals surface area contributed by atoms with Gasteiger partial charge in [-0.3, -0.25) is 9.69 Å². The van der Waals surface area contributed by atoms with Crippen molar-refractivity contribution in [2.45, 2.75) is 37.1 Å². The number of nitrogens with zero attached hydrogens (tertiary/aromatic N) is 1. The summed E-state index contributed by atoms with van der Waals surface area (Å²) in [5.74, 6) is -0.283. The number of hydrogen-bond donors (Lipinski definition) is 1. The van der Waals surface area contributed by atoms with Crippen molar-refractivity contribution in [1.29, 1.82) is 0 Å². The third-order valence-electron chi connectivity index (χ3n) is 6.60. The quantitative estimate of drug-likeness (QED) is 0.531. The van der Waals surface area contributed by atoms with Gasteiger partial charge in [0.25, 0.3) is 0 Å². The van der Waals surface area contributed by atoms with E-state index >= 15 is 0 Å². The maximum absolute atomic E-state index is 13.1. The molecule has 1 heterocycles. The van der Waals surface area contributed by atoms with Crippen molar-refractivity contribution in [2.24, 2.45) is 5.73 Å². The third-order valence-corrected chi connectivity index (χ3v) is 6.85. The number of hydrogen-bond acceptors (Lipinski definition) is 2. The van der Waals surface area contributed by atoms with Crippen molar-refractivity contribution in [3.05, 3.63) is 107 Å². The molecule has 0 unspecified atom stereocenters. The van der Waals surface area contributed by atoms with Gasteiger partial charge in [-0.1, -0.05) is 84.4 Å². The van der Waals surface area contributed by atoms with Crippen LogP contribution < -0.4 is 5.73 Å². The molecule has 4 rings (SSSR count). The number of benzene rings is 3. The van der Waals surface area contributed by atoms with E-state index in [1.54, 1.807) is 0 Å². The first-order valence-electron chi connectivity index (χ1n) is 11.0. The molecule has 0 saturated carbocycles. The molecule has 1 atom stereocenters. The molecule has 0 aliphatic carbocycles. The zero-order valence-electron chi connectivity index (χ0n) is 17.7. The summed E-state index contributed by atoms with van der Waals surface area (Å²) >= 11 is 6.03. The molecule has 1 aliphatic rings. The highest BCUT2D eigenvalue weighted by atomic mass is 35.5. The van der Waals surface area contributed by atoms with Crippen molar-refractivity contribution in [2.75, 3.05) is 13.1 Å². The number of nitrogens with two attached hydrogens (primary N) is 1. The Hall–Kier alpha value is -2.62. The lowest BCUT2D eigenvalue weighted by molar-refractivity contribution is -0.122. The lowest BCUT2D eigenvalue weighted by atomic mass is 9.69. The third kappa shape index (κ3) is 4.68. The van der Waals surface area contributed by atoms with Gasteiger partial charge in [-0.25, -0.2) is 0 Å². The maximum atomic E-state index is 13.1. The maximum Gasteiger partial charge on any atom is 0.232 e. The molecule has 3 aromatic carbocycles. The summed E-state index contributed by atoms with van der Waals surface area (Å²) in [5, 5.41) is 0.764. The minimum absolute atomic E-state index is 0.283. The first-order chi connectivity index (χ1) is 15.1. The van der Waals surface area contributed by atoms with E-state index < -0.39 is 5.41 Å². The van der Waals surface area contributed by atoms with Gasteiger partial charge in [0, 0.05) is 17.6 Å². The van der Waals surface area contributed by atoms with Crippen molar-refractivity contribution < 1.29 is 4.79 Å². The minimum Gasteiger partial charge on any atom is -0.369 e. The first kappa shape index (κ1) is 21.6. The fourth-order valence-corrected chi connectivity index (χ4v) is 5.06. The molecule has 0 aromatic heterocycles. The van der Waals surface area contributed by atoms with Gasteiger partial charge in [-0.05, 0) is 61.1 Å². The van der Waals surface area contributed by atoms with E-state index in [-0.39, 0.29) is 5.91 Å². The van der Waals surface area contributed by atoms with Crippen LogP contribution in [0, 0.1) is 0 Å². The van der Waals surface area contributed by atoms with Gasteiger partial charge in [0.1, 0.15) is 5.41 Å². The average Bonchev–Trinajstić information content (AvgIpc) is 3.25. The molecule has 1 saturated heterocycles. The van der Waals surface area contributed by atoms with E-state index in [1.807, 2.05) is 72.8 Å². The van der Waals surface area contributed by atoms with Crippen molar-refractivity contribution in [1.82, 2.24) is 4.90 Å². The monoisotopic (exact) mass is 432 g/mol. The Kier molecular flexibility index (Phi) is 6.74. The van der Waals surface area contributed by atoms with Crippen molar-refractivity contribution in [3.8, 4) is 0 Å². The van der Waals surface area contributed by atoms with Crippen LogP contribution in [0.15, 0.2) is 84.9 Å². The summed E-state index contributed by atoms with van der Waals surface area (Å²) in [4.78, 5) is 15.6. The molecule has 1 fully saturated rings. The second kappa shape index (κ2) is 9.67. The van der Waals surface area contributed by atoms with Crippen LogP contribution in [0.1, 0.15) is 36.0 Å². The number of primary amides is 1. The largest absolute Gasteiger partial charge is 0.369 e. The number of amides is 1. The van der Waals surface area contributed by atoms with Crippen LogP contribution in [0.3, 0.4) is 0 Å². The molecule has 0 spiro atoms. The fraction of sp³-hybridized carbons (Fsp3) is 0.296. The Morgan fingerprint density at radius 1 is 0.935 bits per heavy atom. The SMILES string of the molecule is NC(=O)C(C[C@@H]1CCCN1CCc1ccc(Cl)cc1)(c1ccccc1)c1ccccc1. The summed E-state index contributed by atoms with van der Waals surface area (Å²) < 4.78 is 0. The van der Waals surface area contributed by atoms with Crippen molar-refractivity contribution in [3.63, 3.8) is 0 Å². The normalized spacial score (nSPS) is 17.0. The highest BCUT2D eigenvalue weighted by Gasteiger charge is 2.44. The second-order valence-electron chi connectivity index (χ2n) is 8.41. The Balaban J connectivity index is 1.61. The van der Waals surface area contributed by atoms with Crippen LogP contribution >= 0.6 is 11.6 Å². The number of rotatable bonds is 8. The van der Waals surface area contributed by atoms with E-state index in [0.717, 1.165) is 48.5 Å². The molecule has 0 bridgehead atoms. The molecule has 1 amide bonds. The number of likely N-dealkylation sites (tertiary alicyclic amines) is 1. The van der Waals surface area contributed by atoms with Crippen LogP contribution in [0.2, 0.25) is 5.02 Å². The van der Waals surface area contributed by atoms with Gasteiger partial charge in [0.15, 0.2) is 0 Å². The molecule has 3 nitrogen and oxygen atoms in total. The van der Waals surface area contributed by atoms with Gasteiger partial charge < -0.3 is 5.73 Å². The molecule has 2 N–H and O–H groups in total. The van der Waals surface area contributed by atoms with Crippen LogP contribution in [0.5, 0.6) is 0 Å². The van der Waals surface area contributed by atoms with Gasteiger partial charge in [-0.2, -0.15) is 0 Å². The van der Waals surface area contributed by atoms with E-state index in [9.17, 15) is 4.79 Å². The Bertz CT molecular complexity index is 949. The lowest BCUT2D eigenvalue weighted by Crippen LogP contribution is -2.47. The molecule has 31 heavy (non-hydrogen) atoms. The number of carbonyl (C=O) groups is 1. The standard InChI is InChI=1S/C27H29ClN2O/c28-24-15-13-21(14-16-24)17-19-30-18-7-12-25(30)20-27(26(29)31,22-8-3-1-4-9-22)23-10-5-2-6-11-23/h1-6,8-11,13-16,25H,7,12,17-20H2,(H2,29,31)/t25-/m0/s1. The van der Waals surface area contributed by atoms with Gasteiger partial charge >= 0.3 is 0 Å². The zero-order chi connectivity index (χ0) is 21.7. The van der Waals surface area contributed by atoms with E-state index in [1.165, 1.54) is 5.56 Å². The molecule has 1 aliphatic heterocycles. The van der Waals surface area contributed by atoms with Gasteiger partial charge in [-0.15, -0.1) is 0 Å². The summed E-state index contributed by atoms with van der Waals surface area (Å²) in [7, 11) is 0. The summed E-state index contributed by atoms with van der Waals surface area (Å²) in [6.45, 7) is 2.02. The Morgan fingerprint density at radius 2 is 1.52 bits per heavy atom. The summed E-state index contributed by atoms with van der Waals surface area (Å²) in [6, 6.07) is 28.4. The average molecular weight is 433 g/mol. The van der Waals surface area contributed by atoms with Gasteiger partial charge in [0.2, 0.25) is 5.91 Å². The summed E-state index contributed by atoms with van der Waals surface area (Å²) in [6.07, 6.45) is 3.88. The van der Waals surface area contributed by atoms with E-state index in [0.29, 0.717) is 12.5 Å². The fourth-order valence-electron chi connectivity index (χ4n) is 4.93. The van der Waals surface area contributed by atoms with Crippen LogP contribution in [-0.2, 0) is 16.6 Å². The molecule has 4 heteroatoms. The summed E-state index contributed by atoms with van der Waals surface area (Å²) in [5.41, 5.74) is 8.55. The van der Waals surface area contributed by atoms with Crippen LogP contribution in [0.4, 0.5) is 0 Å². The molecular formula is C27H29ClN2O. The van der Waals surface area contributed by atoms with E-state index in [2.05, 4.69) is 17.0 Å². The smallest absolute Gasteiger partial charge is 0.232 e. The second-order valence-corrected chi connectivity index (χ2v) is 8.85. The van der Waals surface area contributed by atoms with Gasteiger partial charge in [0.05, 0.1) is 0 Å². The molecular weight excluding hydrogens is 404 g/mol. The number of carbonyl (C=O) groups excluding carboxylic acids is 1. The van der Waals surface area contributed by atoms with Crippen LogP contribution in [0.25, 0.3) is 0 Å². The minimum atomic E-state index is -0.837. The van der Waals surface area contributed by atoms with Crippen molar-refractivity contribution >= 4 is 17.5 Å². The number of halogens is 1. The molecule has 3 aromatic rings. The Labute approximate surface area is 189 Å². The molecule has 160 valence electrons.